The van der Waals surface area contributed by atoms with Crippen LogP contribution >= 0.6 is 0 Å². The van der Waals surface area contributed by atoms with Gasteiger partial charge in [-0.2, -0.15) is 5.10 Å². The number of aromatic nitrogens is 2. The van der Waals surface area contributed by atoms with E-state index in [4.69, 9.17) is 4.79 Å². The average molecular weight is 407 g/mol. The van der Waals surface area contributed by atoms with Gasteiger partial charge in [-0.3, -0.25) is 14.5 Å². The van der Waals surface area contributed by atoms with Gasteiger partial charge in [-0.15, -0.1) is 0 Å². The molecule has 156 valence electrons. The molecule has 1 saturated heterocycles. The largest absolute Gasteiger partial charge is 0.357 e. The second-order valence-corrected chi connectivity index (χ2v) is 6.70. The third-order valence-electron chi connectivity index (χ3n) is 4.78. The molecule has 1 aromatic heterocycles. The fourth-order valence-electron chi connectivity index (χ4n) is 3.44. The molecule has 0 unspecified atom stereocenters. The lowest BCUT2D eigenvalue weighted by molar-refractivity contribution is -0.112. The topological polar surface area (TPSA) is 94.9 Å². The second-order valence-electron chi connectivity index (χ2n) is 6.70. The number of piperidine rings is 1. The van der Waals surface area contributed by atoms with E-state index in [2.05, 4.69) is 25.7 Å². The number of amides is 1. The van der Waals surface area contributed by atoms with Crippen molar-refractivity contribution in [2.75, 3.05) is 25.0 Å². The van der Waals surface area contributed by atoms with E-state index in [-0.39, 0.29) is 12.2 Å². The maximum Gasteiger partial charge on any atom is 0.284 e. The monoisotopic (exact) mass is 407 g/mol. The first-order chi connectivity index (χ1) is 14.0. The molecule has 0 saturated carbocycles. The van der Waals surface area contributed by atoms with Crippen LogP contribution in [0.3, 0.4) is 0 Å². The SMILES string of the molecule is C=O.Cn1cc(NC(=O)C2=C3N=C(N4CCCCC4)C=CN3NC2)c(C(F)F)n1. The Kier molecular flexibility index (Phi) is 6.37. The quantitative estimate of drug-likeness (QED) is 0.790. The highest BCUT2D eigenvalue weighted by molar-refractivity contribution is 6.06. The van der Waals surface area contributed by atoms with Crippen LogP contribution in [0.15, 0.2) is 34.9 Å². The summed E-state index contributed by atoms with van der Waals surface area (Å²) in [5.41, 5.74) is 3.02. The molecule has 3 aliphatic heterocycles. The lowest BCUT2D eigenvalue weighted by Gasteiger charge is -2.31. The number of carbonyl (C=O) groups is 2. The molecular formula is C18H23F2N7O2. The van der Waals surface area contributed by atoms with Crippen LogP contribution in [0.1, 0.15) is 31.4 Å². The minimum Gasteiger partial charge on any atom is -0.357 e. The molecule has 2 N–H and O–H groups in total. The number of aliphatic imine (C=N–C) groups is 1. The second kappa shape index (κ2) is 8.95. The molecule has 29 heavy (non-hydrogen) atoms. The molecule has 1 fully saturated rings. The first kappa shape index (κ1) is 20.6. The lowest BCUT2D eigenvalue weighted by atomic mass is 10.1. The third kappa shape index (κ3) is 4.34. The number of nitrogens with one attached hydrogen (secondary N) is 2. The van der Waals surface area contributed by atoms with Crippen LogP contribution in [0, 0.1) is 0 Å². The fraction of sp³-hybridized carbons (Fsp3) is 0.444. The fourth-order valence-corrected chi connectivity index (χ4v) is 3.44. The number of alkyl halides is 2. The summed E-state index contributed by atoms with van der Waals surface area (Å²) in [5.74, 6) is 0.856. The Morgan fingerprint density at radius 3 is 2.69 bits per heavy atom. The molecule has 11 heteroatoms. The predicted octanol–water partition coefficient (Wildman–Crippen LogP) is 1.55. The van der Waals surface area contributed by atoms with Crippen molar-refractivity contribution in [3.8, 4) is 0 Å². The Morgan fingerprint density at radius 2 is 2.00 bits per heavy atom. The van der Waals surface area contributed by atoms with Gasteiger partial charge < -0.3 is 15.0 Å². The van der Waals surface area contributed by atoms with E-state index in [0.29, 0.717) is 11.4 Å². The van der Waals surface area contributed by atoms with Crippen molar-refractivity contribution < 1.29 is 18.4 Å². The Bertz CT molecular complexity index is 856. The van der Waals surface area contributed by atoms with Gasteiger partial charge in [0.2, 0.25) is 0 Å². The number of fused-ring (bicyclic) bond motifs is 1. The summed E-state index contributed by atoms with van der Waals surface area (Å²) in [6.45, 7) is 4.16. The number of hydrogen-bond donors (Lipinski definition) is 2. The summed E-state index contributed by atoms with van der Waals surface area (Å²) >= 11 is 0. The van der Waals surface area contributed by atoms with Crippen LogP contribution in [0.5, 0.6) is 0 Å². The Morgan fingerprint density at radius 1 is 1.28 bits per heavy atom. The molecule has 0 atom stereocenters. The van der Waals surface area contributed by atoms with Gasteiger partial charge in [0.25, 0.3) is 12.3 Å². The van der Waals surface area contributed by atoms with E-state index in [1.54, 1.807) is 5.01 Å². The van der Waals surface area contributed by atoms with Crippen LogP contribution in [0.4, 0.5) is 14.5 Å². The summed E-state index contributed by atoms with van der Waals surface area (Å²) < 4.78 is 27.5. The van der Waals surface area contributed by atoms with Crippen molar-refractivity contribution in [3.63, 3.8) is 0 Å². The van der Waals surface area contributed by atoms with Gasteiger partial charge in [0.05, 0.1) is 11.3 Å². The number of amidine groups is 1. The number of likely N-dealkylation sites (tertiary alicyclic amines) is 1. The predicted molar refractivity (Wildman–Crippen MR) is 103 cm³/mol. The maximum atomic E-state index is 13.1. The van der Waals surface area contributed by atoms with Crippen molar-refractivity contribution in [1.29, 1.82) is 0 Å². The molecule has 9 nitrogen and oxygen atoms in total. The number of anilines is 1. The standard InChI is InChI=1S/C17H21F2N7O.CH2O/c1-24-10-12(14(23-24)15(18)19)21-17(27)11-9-20-26-8-5-13(22-16(11)26)25-6-3-2-4-7-25;1-2/h5,8,10,15,20H,2-4,6-7,9H2,1H3,(H,21,27);1H2. The molecule has 0 aliphatic carbocycles. The van der Waals surface area contributed by atoms with Crippen molar-refractivity contribution in [2.24, 2.45) is 12.0 Å². The first-order valence-electron chi connectivity index (χ1n) is 9.22. The minimum atomic E-state index is -2.77. The van der Waals surface area contributed by atoms with Gasteiger partial charge in [-0.1, -0.05) is 0 Å². The highest BCUT2D eigenvalue weighted by Gasteiger charge is 2.30. The molecule has 0 bridgehead atoms. The zero-order valence-electron chi connectivity index (χ0n) is 16.1. The highest BCUT2D eigenvalue weighted by Crippen LogP contribution is 2.27. The third-order valence-corrected chi connectivity index (χ3v) is 4.78. The van der Waals surface area contributed by atoms with Crippen LogP contribution in [0.25, 0.3) is 0 Å². The number of halogens is 2. The number of nitrogens with zero attached hydrogens (tertiary/aromatic N) is 5. The molecule has 4 heterocycles. The number of rotatable bonds is 3. The summed E-state index contributed by atoms with van der Waals surface area (Å²) in [6, 6.07) is 0. The van der Waals surface area contributed by atoms with E-state index in [1.807, 2.05) is 19.1 Å². The zero-order valence-corrected chi connectivity index (χ0v) is 16.1. The smallest absolute Gasteiger partial charge is 0.284 e. The highest BCUT2D eigenvalue weighted by atomic mass is 19.3. The van der Waals surface area contributed by atoms with Crippen molar-refractivity contribution in [1.82, 2.24) is 25.1 Å². The van der Waals surface area contributed by atoms with E-state index in [0.717, 1.165) is 31.8 Å². The van der Waals surface area contributed by atoms with E-state index >= 15 is 0 Å². The van der Waals surface area contributed by atoms with Crippen LogP contribution in [-0.4, -0.2) is 57.9 Å². The molecule has 1 aromatic rings. The van der Waals surface area contributed by atoms with Gasteiger partial charge in [-0.25, -0.2) is 19.2 Å². The molecular weight excluding hydrogens is 384 g/mol. The van der Waals surface area contributed by atoms with E-state index in [9.17, 15) is 13.6 Å². The lowest BCUT2D eigenvalue weighted by Crippen LogP contribution is -2.37. The number of carbonyl (C=O) groups excluding carboxylic acids is 2. The van der Waals surface area contributed by atoms with Crippen LogP contribution < -0.4 is 10.7 Å². The van der Waals surface area contributed by atoms with Gasteiger partial charge in [0.15, 0.2) is 11.5 Å². The molecule has 0 radical (unpaired) electrons. The Labute approximate surface area is 166 Å². The Balaban J connectivity index is 0.00000117. The normalized spacial score (nSPS) is 18.4. The summed E-state index contributed by atoms with van der Waals surface area (Å²) in [7, 11) is 1.53. The van der Waals surface area contributed by atoms with Crippen molar-refractivity contribution in [3.05, 3.63) is 35.6 Å². The average Bonchev–Trinajstić information content (AvgIpc) is 3.33. The number of hydrogen-bond acceptors (Lipinski definition) is 7. The van der Waals surface area contributed by atoms with Gasteiger partial charge in [0, 0.05) is 39.1 Å². The van der Waals surface area contributed by atoms with Crippen molar-refractivity contribution >= 4 is 24.2 Å². The van der Waals surface area contributed by atoms with E-state index < -0.39 is 18.0 Å². The maximum absolute atomic E-state index is 13.1. The molecule has 0 spiro atoms. The van der Waals surface area contributed by atoms with Crippen LogP contribution in [0.2, 0.25) is 0 Å². The summed E-state index contributed by atoms with van der Waals surface area (Å²) in [4.78, 5) is 27.6. The zero-order chi connectivity index (χ0) is 21.0. The van der Waals surface area contributed by atoms with Gasteiger partial charge in [0.1, 0.15) is 12.6 Å². The van der Waals surface area contributed by atoms with Crippen molar-refractivity contribution in [2.45, 2.75) is 25.7 Å². The molecule has 4 rings (SSSR count). The van der Waals surface area contributed by atoms with Crippen LogP contribution in [-0.2, 0) is 16.6 Å². The summed E-state index contributed by atoms with van der Waals surface area (Å²) in [5, 5.41) is 7.94. The summed E-state index contributed by atoms with van der Waals surface area (Å²) in [6.07, 6.45) is 5.82. The molecule has 1 amide bonds. The van der Waals surface area contributed by atoms with Gasteiger partial charge in [-0.05, 0) is 25.3 Å². The molecule has 0 aromatic carbocycles. The number of hydrazine groups is 1. The first-order valence-corrected chi connectivity index (χ1v) is 9.22. The van der Waals surface area contributed by atoms with E-state index in [1.165, 1.54) is 24.3 Å². The number of aryl methyl sites for hydroxylation is 1. The Hall–Kier alpha value is -3.08. The van der Waals surface area contributed by atoms with Gasteiger partial charge >= 0.3 is 0 Å². The minimum absolute atomic E-state index is 0.00985. The molecule has 3 aliphatic rings.